The van der Waals surface area contributed by atoms with Crippen LogP contribution < -0.4 is 0 Å². The van der Waals surface area contributed by atoms with Gasteiger partial charge in [0.2, 0.25) is 0 Å². The van der Waals surface area contributed by atoms with Gasteiger partial charge in [-0.1, -0.05) is 6.08 Å². The van der Waals surface area contributed by atoms with E-state index in [1.54, 1.807) is 34.6 Å². The first kappa shape index (κ1) is 13.0. The van der Waals surface area contributed by atoms with Crippen molar-refractivity contribution in [3.8, 4) is 0 Å². The number of carbonyl (C=O) groups is 1. The molecule has 1 N–H and O–H groups in total. The van der Waals surface area contributed by atoms with Gasteiger partial charge in [0.1, 0.15) is 5.60 Å². The van der Waals surface area contributed by atoms with Gasteiger partial charge in [-0.15, -0.1) is 6.58 Å². The van der Waals surface area contributed by atoms with E-state index < -0.39 is 17.2 Å². The highest BCUT2D eigenvalue weighted by Gasteiger charge is 2.30. The summed E-state index contributed by atoms with van der Waals surface area (Å²) in [5, 5.41) is 10.0. The predicted octanol–water partition coefficient (Wildman–Crippen LogP) is 2.58. The smallest absolute Gasteiger partial charge is 0.435 e. The zero-order chi connectivity index (χ0) is 11.6. The second-order valence-corrected chi connectivity index (χ2v) is 4.65. The summed E-state index contributed by atoms with van der Waals surface area (Å²) in [6, 6.07) is 0. The van der Waals surface area contributed by atoms with Crippen LogP contribution in [0.1, 0.15) is 34.6 Å². The van der Waals surface area contributed by atoms with Crippen LogP contribution in [0.2, 0.25) is 0 Å². The van der Waals surface area contributed by atoms with Crippen molar-refractivity contribution < 1.29 is 14.7 Å². The standard InChI is InChI=1S/C10H19NO3/c1-7-10(5,6)11(13)8(12)14-9(2,3)4/h7,13H,1H2,2-6H3. The Bertz CT molecular complexity index is 228. The number of hydrogen-bond donors (Lipinski definition) is 1. The molecule has 0 aromatic heterocycles. The van der Waals surface area contributed by atoms with Crippen molar-refractivity contribution in [2.24, 2.45) is 0 Å². The van der Waals surface area contributed by atoms with Gasteiger partial charge >= 0.3 is 6.09 Å². The quantitative estimate of drug-likeness (QED) is 0.424. The molecule has 0 atom stereocenters. The fraction of sp³-hybridized carbons (Fsp3) is 0.700. The van der Waals surface area contributed by atoms with Crippen LogP contribution in [0, 0.1) is 0 Å². The molecule has 0 aliphatic heterocycles. The number of ether oxygens (including phenoxy) is 1. The van der Waals surface area contributed by atoms with Crippen molar-refractivity contribution in [1.82, 2.24) is 5.06 Å². The molecule has 82 valence electrons. The Morgan fingerprint density at radius 3 is 2.07 bits per heavy atom. The molecule has 0 spiro atoms. The molecule has 0 aliphatic rings. The summed E-state index contributed by atoms with van der Waals surface area (Å²) in [7, 11) is 0. The van der Waals surface area contributed by atoms with Crippen LogP contribution in [0.3, 0.4) is 0 Å². The van der Waals surface area contributed by atoms with E-state index in [0.29, 0.717) is 5.06 Å². The fourth-order valence-electron chi connectivity index (χ4n) is 0.627. The third kappa shape index (κ3) is 3.79. The predicted molar refractivity (Wildman–Crippen MR) is 54.1 cm³/mol. The molecular formula is C10H19NO3. The van der Waals surface area contributed by atoms with Crippen LogP contribution in [0.5, 0.6) is 0 Å². The van der Waals surface area contributed by atoms with Crippen LogP contribution in [0.25, 0.3) is 0 Å². The Balaban J connectivity index is 4.49. The van der Waals surface area contributed by atoms with E-state index in [-0.39, 0.29) is 0 Å². The normalized spacial score (nSPS) is 12.1. The summed E-state index contributed by atoms with van der Waals surface area (Å²) in [6.07, 6.45) is 0.694. The number of carbonyl (C=O) groups excluding carboxylic acids is 1. The Morgan fingerprint density at radius 1 is 1.36 bits per heavy atom. The Hall–Kier alpha value is -1.03. The van der Waals surface area contributed by atoms with Gasteiger partial charge in [0, 0.05) is 0 Å². The molecule has 0 saturated heterocycles. The SMILES string of the molecule is C=CC(C)(C)N(O)C(=O)OC(C)(C)C. The van der Waals surface area contributed by atoms with Gasteiger partial charge in [0.05, 0.1) is 5.54 Å². The molecule has 0 unspecified atom stereocenters. The maximum absolute atomic E-state index is 11.4. The lowest BCUT2D eigenvalue weighted by Gasteiger charge is -2.31. The molecule has 0 aliphatic carbocycles. The molecule has 0 heterocycles. The maximum Gasteiger partial charge on any atom is 0.435 e. The van der Waals surface area contributed by atoms with Gasteiger partial charge < -0.3 is 4.74 Å². The fourth-order valence-corrected chi connectivity index (χ4v) is 0.627. The average Bonchev–Trinajstić information content (AvgIpc) is 2.00. The lowest BCUT2D eigenvalue weighted by atomic mass is 10.1. The maximum atomic E-state index is 11.4. The van der Waals surface area contributed by atoms with Crippen molar-refractivity contribution in [3.63, 3.8) is 0 Å². The first-order valence-electron chi connectivity index (χ1n) is 4.46. The van der Waals surface area contributed by atoms with E-state index >= 15 is 0 Å². The minimum atomic E-state index is -0.831. The third-order valence-electron chi connectivity index (χ3n) is 1.61. The Kier molecular flexibility index (Phi) is 3.71. The Morgan fingerprint density at radius 2 is 1.79 bits per heavy atom. The van der Waals surface area contributed by atoms with Crippen LogP contribution in [0.4, 0.5) is 4.79 Å². The van der Waals surface area contributed by atoms with Crippen molar-refractivity contribution in [1.29, 1.82) is 0 Å². The molecule has 0 saturated carbocycles. The zero-order valence-corrected chi connectivity index (χ0v) is 9.50. The largest absolute Gasteiger partial charge is 0.442 e. The van der Waals surface area contributed by atoms with E-state index in [1.807, 2.05) is 0 Å². The van der Waals surface area contributed by atoms with E-state index in [4.69, 9.17) is 4.74 Å². The van der Waals surface area contributed by atoms with Crippen LogP contribution >= 0.6 is 0 Å². The third-order valence-corrected chi connectivity index (χ3v) is 1.61. The lowest BCUT2D eigenvalue weighted by molar-refractivity contribution is -0.133. The van der Waals surface area contributed by atoms with Crippen LogP contribution in [-0.2, 0) is 4.74 Å². The number of hydrogen-bond acceptors (Lipinski definition) is 3. The van der Waals surface area contributed by atoms with Gasteiger partial charge in [-0.2, -0.15) is 5.06 Å². The molecule has 1 amide bonds. The van der Waals surface area contributed by atoms with Crippen molar-refractivity contribution in [2.45, 2.75) is 45.8 Å². The molecule has 4 nitrogen and oxygen atoms in total. The molecular weight excluding hydrogens is 182 g/mol. The highest BCUT2D eigenvalue weighted by atomic mass is 16.6. The average molecular weight is 201 g/mol. The number of hydroxylamine groups is 2. The molecule has 0 radical (unpaired) electrons. The number of nitrogens with zero attached hydrogens (tertiary/aromatic N) is 1. The van der Waals surface area contributed by atoms with Gasteiger partial charge in [-0.3, -0.25) is 5.21 Å². The highest BCUT2D eigenvalue weighted by Crippen LogP contribution is 2.17. The minimum absolute atomic E-state index is 0.533. The van der Waals surface area contributed by atoms with E-state index in [0.717, 1.165) is 0 Å². The van der Waals surface area contributed by atoms with E-state index in [2.05, 4.69) is 6.58 Å². The molecule has 0 rings (SSSR count). The van der Waals surface area contributed by atoms with Crippen LogP contribution in [-0.4, -0.2) is 27.5 Å². The molecule has 14 heavy (non-hydrogen) atoms. The Labute approximate surface area is 85.1 Å². The van der Waals surface area contributed by atoms with E-state index in [9.17, 15) is 10.0 Å². The topological polar surface area (TPSA) is 49.8 Å². The summed E-state index contributed by atoms with van der Waals surface area (Å²) < 4.78 is 4.98. The van der Waals surface area contributed by atoms with Gasteiger partial charge in [-0.05, 0) is 34.6 Å². The van der Waals surface area contributed by atoms with Gasteiger partial charge in [0.25, 0.3) is 0 Å². The molecule has 0 aromatic rings. The molecule has 4 heteroatoms. The molecule has 0 aromatic carbocycles. The number of rotatable bonds is 2. The summed E-state index contributed by atoms with van der Waals surface area (Å²) in [6.45, 7) is 12.0. The molecule has 0 fully saturated rings. The van der Waals surface area contributed by atoms with Crippen molar-refractivity contribution >= 4 is 6.09 Å². The minimum Gasteiger partial charge on any atom is -0.442 e. The zero-order valence-electron chi connectivity index (χ0n) is 9.50. The van der Waals surface area contributed by atoms with E-state index in [1.165, 1.54) is 6.08 Å². The first-order valence-corrected chi connectivity index (χ1v) is 4.46. The summed E-state index contributed by atoms with van der Waals surface area (Å²) in [5.41, 5.74) is -1.45. The van der Waals surface area contributed by atoms with Crippen molar-refractivity contribution in [3.05, 3.63) is 12.7 Å². The molecule has 0 bridgehead atoms. The second-order valence-electron chi connectivity index (χ2n) is 4.65. The van der Waals surface area contributed by atoms with Gasteiger partial charge in [0.15, 0.2) is 0 Å². The first-order chi connectivity index (χ1) is 6.10. The number of amides is 1. The highest BCUT2D eigenvalue weighted by molar-refractivity contribution is 5.67. The van der Waals surface area contributed by atoms with Gasteiger partial charge in [-0.25, -0.2) is 4.79 Å². The summed E-state index contributed by atoms with van der Waals surface area (Å²) in [4.78, 5) is 11.4. The summed E-state index contributed by atoms with van der Waals surface area (Å²) in [5.74, 6) is 0. The van der Waals surface area contributed by atoms with Crippen molar-refractivity contribution in [2.75, 3.05) is 0 Å². The van der Waals surface area contributed by atoms with Crippen LogP contribution in [0.15, 0.2) is 12.7 Å². The lowest BCUT2D eigenvalue weighted by Crippen LogP contribution is -2.46. The monoisotopic (exact) mass is 201 g/mol. The summed E-state index contributed by atoms with van der Waals surface area (Å²) >= 11 is 0. The second kappa shape index (κ2) is 4.00.